The van der Waals surface area contributed by atoms with Gasteiger partial charge in [-0.25, -0.2) is 0 Å². The fourth-order valence-electron chi connectivity index (χ4n) is 0.967. The highest BCUT2D eigenvalue weighted by Crippen LogP contribution is 2.25. The summed E-state index contributed by atoms with van der Waals surface area (Å²) < 4.78 is 49.2. The van der Waals surface area contributed by atoms with Crippen molar-refractivity contribution in [3.05, 3.63) is 34.4 Å². The fraction of sp³-hybridized carbons (Fsp3) is 0.143. The number of para-hydroxylation sites is 1. The average molecular weight is 253 g/mol. The lowest BCUT2D eigenvalue weighted by Crippen LogP contribution is -2.12. The van der Waals surface area contributed by atoms with Crippen molar-refractivity contribution < 1.29 is 26.3 Å². The third-order valence-electron chi connectivity index (χ3n) is 1.53. The predicted molar refractivity (Wildman–Crippen MR) is 47.4 cm³/mol. The summed E-state index contributed by atoms with van der Waals surface area (Å²) >= 11 is 0. The van der Waals surface area contributed by atoms with E-state index < -0.39 is 32.2 Å². The SMILES string of the molecule is O=[N+]([O-])c1ccccc1S(=O)(=O)OC(F)F. The largest absolute Gasteiger partial charge is 0.359 e. The number of rotatable bonds is 4. The van der Waals surface area contributed by atoms with Crippen molar-refractivity contribution in [3.63, 3.8) is 0 Å². The zero-order valence-electron chi connectivity index (χ0n) is 7.54. The lowest BCUT2D eigenvalue weighted by Gasteiger charge is -2.04. The van der Waals surface area contributed by atoms with Crippen LogP contribution in [0.1, 0.15) is 0 Å². The molecule has 1 aromatic carbocycles. The Kier molecular flexibility index (Phi) is 3.50. The predicted octanol–water partition coefficient (Wildman–Crippen LogP) is 1.52. The summed E-state index contributed by atoms with van der Waals surface area (Å²) in [7, 11) is -4.83. The molecule has 16 heavy (non-hydrogen) atoms. The van der Waals surface area contributed by atoms with Crippen molar-refractivity contribution in [1.82, 2.24) is 0 Å². The molecule has 88 valence electrons. The molecule has 0 bridgehead atoms. The molecule has 1 aromatic rings. The maximum absolute atomic E-state index is 11.8. The van der Waals surface area contributed by atoms with Gasteiger partial charge in [-0.1, -0.05) is 12.1 Å². The van der Waals surface area contributed by atoms with Crippen molar-refractivity contribution in [3.8, 4) is 0 Å². The third-order valence-corrected chi connectivity index (χ3v) is 2.81. The van der Waals surface area contributed by atoms with Crippen molar-refractivity contribution in [2.75, 3.05) is 0 Å². The Bertz CT molecular complexity index is 501. The molecule has 9 heteroatoms. The van der Waals surface area contributed by atoms with Gasteiger partial charge in [0.2, 0.25) is 0 Å². The van der Waals surface area contributed by atoms with Crippen LogP contribution in [0, 0.1) is 10.1 Å². The van der Waals surface area contributed by atoms with Crippen LogP contribution in [0.4, 0.5) is 14.5 Å². The zero-order valence-corrected chi connectivity index (χ0v) is 8.36. The van der Waals surface area contributed by atoms with Crippen LogP contribution < -0.4 is 0 Å². The second-order valence-corrected chi connectivity index (χ2v) is 4.08. The van der Waals surface area contributed by atoms with E-state index in [0.29, 0.717) is 0 Å². The van der Waals surface area contributed by atoms with Crippen LogP contribution in [0.3, 0.4) is 0 Å². The van der Waals surface area contributed by atoms with E-state index >= 15 is 0 Å². The Labute approximate surface area is 88.7 Å². The first kappa shape index (κ1) is 12.5. The molecule has 0 spiro atoms. The minimum absolute atomic E-state index is 0.815. The van der Waals surface area contributed by atoms with Gasteiger partial charge in [-0.15, -0.1) is 0 Å². The summed E-state index contributed by atoms with van der Waals surface area (Å²) in [6.07, 6.45) is 0. The molecule has 0 heterocycles. The number of hydrogen-bond acceptors (Lipinski definition) is 5. The second kappa shape index (κ2) is 4.49. The van der Waals surface area contributed by atoms with Crippen molar-refractivity contribution in [1.29, 1.82) is 0 Å². The van der Waals surface area contributed by atoms with Crippen LogP contribution in [0.2, 0.25) is 0 Å². The summed E-state index contributed by atoms with van der Waals surface area (Å²) in [5.74, 6) is 0. The highest BCUT2D eigenvalue weighted by molar-refractivity contribution is 7.87. The standard InChI is InChI=1S/C7H5F2NO5S/c8-7(9)15-16(13,14)6-4-2-1-3-5(6)10(11)12/h1-4,7H. The van der Waals surface area contributed by atoms with Crippen LogP contribution in [-0.4, -0.2) is 20.0 Å². The number of halogens is 2. The van der Waals surface area contributed by atoms with E-state index in [4.69, 9.17) is 0 Å². The molecule has 0 aliphatic rings. The zero-order chi connectivity index (χ0) is 12.3. The van der Waals surface area contributed by atoms with Gasteiger partial charge in [0.1, 0.15) is 0 Å². The molecular weight excluding hydrogens is 248 g/mol. The minimum Gasteiger partial charge on any atom is -0.258 e. The molecule has 0 aromatic heterocycles. The van der Waals surface area contributed by atoms with E-state index in [0.717, 1.165) is 18.2 Å². The molecule has 0 atom stereocenters. The molecule has 0 aliphatic carbocycles. The topological polar surface area (TPSA) is 86.5 Å². The maximum atomic E-state index is 11.8. The molecule has 0 aliphatic heterocycles. The molecule has 0 unspecified atom stereocenters. The van der Waals surface area contributed by atoms with Crippen LogP contribution >= 0.6 is 0 Å². The molecule has 0 N–H and O–H groups in total. The molecule has 0 radical (unpaired) electrons. The Morgan fingerprint density at radius 1 is 1.31 bits per heavy atom. The monoisotopic (exact) mass is 253 g/mol. The molecule has 1 rings (SSSR count). The normalized spacial score (nSPS) is 11.7. The van der Waals surface area contributed by atoms with E-state index in [9.17, 15) is 27.3 Å². The lowest BCUT2D eigenvalue weighted by molar-refractivity contribution is -0.387. The molecule has 0 saturated carbocycles. The van der Waals surface area contributed by atoms with E-state index in [-0.39, 0.29) is 0 Å². The minimum atomic E-state index is -4.83. The maximum Gasteiger partial charge on any atom is 0.359 e. The van der Waals surface area contributed by atoms with Gasteiger partial charge >= 0.3 is 16.7 Å². The Morgan fingerprint density at radius 3 is 2.38 bits per heavy atom. The number of nitro groups is 1. The smallest absolute Gasteiger partial charge is 0.258 e. The number of nitro benzene ring substituents is 1. The summed E-state index contributed by atoms with van der Waals surface area (Å²) in [4.78, 5) is 8.55. The van der Waals surface area contributed by atoms with Gasteiger partial charge in [0.25, 0.3) is 5.69 Å². The van der Waals surface area contributed by atoms with E-state index in [1.165, 1.54) is 6.07 Å². The second-order valence-electron chi connectivity index (χ2n) is 2.54. The number of benzene rings is 1. The van der Waals surface area contributed by atoms with E-state index in [1.807, 2.05) is 0 Å². The van der Waals surface area contributed by atoms with Gasteiger partial charge in [0.15, 0.2) is 4.90 Å². The summed E-state index contributed by atoms with van der Waals surface area (Å²) in [5, 5.41) is 10.5. The third kappa shape index (κ3) is 2.70. The quantitative estimate of drug-likeness (QED) is 0.461. The fourth-order valence-corrected chi connectivity index (χ4v) is 1.91. The Hall–Kier alpha value is -1.61. The first-order chi connectivity index (χ1) is 7.34. The Balaban J connectivity index is 3.28. The van der Waals surface area contributed by atoms with Gasteiger partial charge in [-0.3, -0.25) is 10.1 Å². The molecule has 0 saturated heterocycles. The molecule has 6 nitrogen and oxygen atoms in total. The van der Waals surface area contributed by atoms with Gasteiger partial charge in [0, 0.05) is 6.07 Å². The Morgan fingerprint density at radius 2 is 1.88 bits per heavy atom. The van der Waals surface area contributed by atoms with Gasteiger partial charge in [0.05, 0.1) is 4.92 Å². The van der Waals surface area contributed by atoms with Crippen molar-refractivity contribution >= 4 is 15.8 Å². The molecule has 0 fully saturated rings. The molecule has 0 amide bonds. The highest BCUT2D eigenvalue weighted by Gasteiger charge is 2.28. The number of hydrogen-bond donors (Lipinski definition) is 0. The van der Waals surface area contributed by atoms with Gasteiger partial charge in [-0.05, 0) is 6.07 Å². The summed E-state index contributed by atoms with van der Waals surface area (Å²) in [5.41, 5.74) is -0.817. The first-order valence-corrected chi connectivity index (χ1v) is 5.20. The van der Waals surface area contributed by atoms with Crippen LogP contribution in [-0.2, 0) is 14.3 Å². The summed E-state index contributed by atoms with van der Waals surface area (Å²) in [6.45, 7) is -3.56. The molecular formula is C7H5F2NO5S. The van der Waals surface area contributed by atoms with E-state index in [1.54, 1.807) is 0 Å². The van der Waals surface area contributed by atoms with Crippen LogP contribution in [0.5, 0.6) is 0 Å². The lowest BCUT2D eigenvalue weighted by atomic mass is 10.3. The highest BCUT2D eigenvalue weighted by atomic mass is 32.2. The summed E-state index contributed by atoms with van der Waals surface area (Å²) in [6, 6.07) is 4.06. The van der Waals surface area contributed by atoms with E-state index in [2.05, 4.69) is 4.18 Å². The average Bonchev–Trinajstić information content (AvgIpc) is 2.15. The van der Waals surface area contributed by atoms with Crippen LogP contribution in [0.25, 0.3) is 0 Å². The van der Waals surface area contributed by atoms with Crippen molar-refractivity contribution in [2.24, 2.45) is 0 Å². The number of nitrogens with zero attached hydrogens (tertiary/aromatic N) is 1. The number of alkyl halides is 2. The van der Waals surface area contributed by atoms with Crippen molar-refractivity contribution in [2.45, 2.75) is 11.5 Å². The van der Waals surface area contributed by atoms with Gasteiger partial charge in [-0.2, -0.15) is 21.4 Å². The first-order valence-electron chi connectivity index (χ1n) is 3.79. The van der Waals surface area contributed by atoms with Crippen LogP contribution in [0.15, 0.2) is 29.2 Å². The van der Waals surface area contributed by atoms with Gasteiger partial charge < -0.3 is 0 Å².